The first-order chi connectivity index (χ1) is 31.7. The highest BCUT2D eigenvalue weighted by Gasteiger charge is 2.24. The predicted octanol–water partition coefficient (Wildman–Crippen LogP) is 16.1. The topological polar surface area (TPSA) is 48.8 Å². The minimum atomic E-state index is 0.685. The van der Waals surface area contributed by atoms with Crippen molar-refractivity contribution in [3.63, 3.8) is 0 Å². The van der Waals surface area contributed by atoms with Gasteiger partial charge >= 0.3 is 0 Å². The summed E-state index contributed by atoms with van der Waals surface area (Å²) >= 11 is 1.77. The van der Waals surface area contributed by atoms with Gasteiger partial charge in [-0.05, 0) is 99.7 Å². The Kier molecular flexibility index (Phi) is 6.77. The van der Waals surface area contributed by atoms with E-state index in [9.17, 15) is 0 Å². The van der Waals surface area contributed by atoms with E-state index in [-0.39, 0.29) is 0 Å². The van der Waals surface area contributed by atoms with Crippen LogP contribution in [0.4, 0.5) is 0 Å². The monoisotopic (exact) mass is 832 g/mol. The number of nitrogens with zero attached hydrogens (tertiary/aromatic N) is 4. The molecule has 0 amide bonds. The summed E-state index contributed by atoms with van der Waals surface area (Å²) in [6, 6.07) is 69.9. The average Bonchev–Trinajstić information content (AvgIpc) is 4.11. The van der Waals surface area contributed by atoms with E-state index in [1.807, 2.05) is 6.07 Å². The van der Waals surface area contributed by atoms with Gasteiger partial charge in [-0.3, -0.25) is 4.57 Å². The number of benzene rings is 10. The molecule has 15 rings (SSSR count). The average molecular weight is 833 g/mol. The van der Waals surface area contributed by atoms with Gasteiger partial charge in [0.15, 0.2) is 11.6 Å². The second kappa shape index (κ2) is 12.6. The molecule has 0 radical (unpaired) electrons. The standard InChI is InChI=1S/C58H32N4OS/c1-2-14-37(15-3-1)61-47-27-24-36(31-45(47)52-38-16-6-4-12-33(38)23-28-48(52)61)57-59-54-53-39-17-7-5-13-34(39)25-29-51(53)64-56(54)58(60-57)62-46-20-10-8-18-40(46)44-30-35-22-26-42-41-19-9-11-21-50(41)63-55(42)43(35)32-49(44)62/h1-32H. The summed E-state index contributed by atoms with van der Waals surface area (Å²) in [7, 11) is 0. The Bertz CT molecular complexity index is 4490. The summed E-state index contributed by atoms with van der Waals surface area (Å²) in [4.78, 5) is 11.3. The predicted molar refractivity (Wildman–Crippen MR) is 269 cm³/mol. The van der Waals surface area contributed by atoms with E-state index in [0.717, 1.165) is 87.3 Å². The molecule has 5 aromatic heterocycles. The van der Waals surface area contributed by atoms with Crippen LogP contribution in [-0.2, 0) is 0 Å². The van der Waals surface area contributed by atoms with Crippen LogP contribution in [0.3, 0.4) is 0 Å². The lowest BCUT2D eigenvalue weighted by Crippen LogP contribution is -2.01. The van der Waals surface area contributed by atoms with Crippen LogP contribution in [0, 0.1) is 0 Å². The van der Waals surface area contributed by atoms with Gasteiger partial charge in [0.1, 0.15) is 11.2 Å². The molecule has 0 aliphatic rings. The Morgan fingerprint density at radius 2 is 1.09 bits per heavy atom. The summed E-state index contributed by atoms with van der Waals surface area (Å²) in [6.45, 7) is 0. The van der Waals surface area contributed by atoms with Crippen molar-refractivity contribution in [2.24, 2.45) is 0 Å². The Balaban J connectivity index is 1.08. The molecule has 0 spiro atoms. The fraction of sp³-hybridized carbons (Fsp3) is 0. The molecule has 64 heavy (non-hydrogen) atoms. The number of aromatic nitrogens is 4. The van der Waals surface area contributed by atoms with Crippen molar-refractivity contribution in [2.75, 3.05) is 0 Å². The van der Waals surface area contributed by atoms with Gasteiger partial charge in [-0.2, -0.15) is 0 Å². The van der Waals surface area contributed by atoms with Crippen LogP contribution < -0.4 is 0 Å². The lowest BCUT2D eigenvalue weighted by atomic mass is 10.0. The van der Waals surface area contributed by atoms with Crippen molar-refractivity contribution in [1.82, 2.24) is 19.1 Å². The van der Waals surface area contributed by atoms with Gasteiger partial charge in [-0.25, -0.2) is 9.97 Å². The fourth-order valence-electron chi connectivity index (χ4n) is 10.7. The maximum atomic E-state index is 6.65. The molecule has 0 saturated carbocycles. The third-order valence-electron chi connectivity index (χ3n) is 13.5. The number of rotatable bonds is 3. The lowest BCUT2D eigenvalue weighted by molar-refractivity contribution is 0.672. The van der Waals surface area contributed by atoms with Crippen LogP contribution in [0.1, 0.15) is 0 Å². The van der Waals surface area contributed by atoms with E-state index in [2.05, 4.69) is 197 Å². The third-order valence-corrected chi connectivity index (χ3v) is 14.6. The van der Waals surface area contributed by atoms with Crippen LogP contribution in [0.5, 0.6) is 0 Å². The third kappa shape index (κ3) is 4.61. The quantitative estimate of drug-likeness (QED) is 0.178. The van der Waals surface area contributed by atoms with Crippen LogP contribution in [-0.4, -0.2) is 19.1 Å². The van der Waals surface area contributed by atoms with E-state index in [1.54, 1.807) is 11.3 Å². The molecule has 5 heterocycles. The summed E-state index contributed by atoms with van der Waals surface area (Å²) in [5, 5.41) is 15.1. The molecule has 6 heteroatoms. The van der Waals surface area contributed by atoms with Gasteiger partial charge in [-0.1, -0.05) is 121 Å². The van der Waals surface area contributed by atoms with E-state index in [4.69, 9.17) is 14.4 Å². The first-order valence-electron chi connectivity index (χ1n) is 21.6. The summed E-state index contributed by atoms with van der Waals surface area (Å²) in [6.07, 6.45) is 0. The molecular formula is C58H32N4OS. The summed E-state index contributed by atoms with van der Waals surface area (Å²) in [5.74, 6) is 1.55. The van der Waals surface area contributed by atoms with Crippen LogP contribution in [0.15, 0.2) is 199 Å². The zero-order valence-electron chi connectivity index (χ0n) is 34.1. The van der Waals surface area contributed by atoms with E-state index < -0.39 is 0 Å². The summed E-state index contributed by atoms with van der Waals surface area (Å²) < 4.78 is 13.6. The number of fused-ring (bicyclic) bond motifs is 18. The minimum absolute atomic E-state index is 0.685. The Hall–Kier alpha value is -8.32. The van der Waals surface area contributed by atoms with Gasteiger partial charge in [-0.15, -0.1) is 11.3 Å². The first kappa shape index (κ1) is 34.3. The number of para-hydroxylation sites is 3. The van der Waals surface area contributed by atoms with Crippen molar-refractivity contribution in [3.05, 3.63) is 194 Å². The molecule has 0 unspecified atom stereocenters. The van der Waals surface area contributed by atoms with Gasteiger partial charge in [0, 0.05) is 59.0 Å². The number of thiophene rings is 1. The molecule has 0 aliphatic heterocycles. The van der Waals surface area contributed by atoms with Gasteiger partial charge in [0.2, 0.25) is 0 Å². The molecule has 0 N–H and O–H groups in total. The smallest absolute Gasteiger partial charge is 0.162 e. The molecule has 0 fully saturated rings. The van der Waals surface area contributed by atoms with Crippen molar-refractivity contribution in [2.45, 2.75) is 0 Å². The summed E-state index contributed by atoms with van der Waals surface area (Å²) in [5.41, 5.74) is 9.31. The molecule has 0 atom stereocenters. The Morgan fingerprint density at radius 3 is 1.95 bits per heavy atom. The largest absolute Gasteiger partial charge is 0.455 e. The molecule has 296 valence electrons. The second-order valence-electron chi connectivity index (χ2n) is 16.9. The second-order valence-corrected chi connectivity index (χ2v) is 17.9. The van der Waals surface area contributed by atoms with Crippen LogP contribution >= 0.6 is 11.3 Å². The Labute approximate surface area is 368 Å². The van der Waals surface area contributed by atoms with Crippen molar-refractivity contribution >= 4 is 130 Å². The normalized spacial score (nSPS) is 12.4. The fourth-order valence-corrected chi connectivity index (χ4v) is 11.8. The van der Waals surface area contributed by atoms with Crippen molar-refractivity contribution in [3.8, 4) is 22.9 Å². The number of hydrogen-bond acceptors (Lipinski definition) is 4. The highest BCUT2D eigenvalue weighted by molar-refractivity contribution is 7.26. The van der Waals surface area contributed by atoms with Crippen molar-refractivity contribution < 1.29 is 4.42 Å². The molecule has 10 aromatic carbocycles. The zero-order chi connectivity index (χ0) is 41.6. The molecule has 15 aromatic rings. The van der Waals surface area contributed by atoms with E-state index >= 15 is 0 Å². The van der Waals surface area contributed by atoms with Crippen LogP contribution in [0.2, 0.25) is 0 Å². The molecule has 0 bridgehead atoms. The maximum Gasteiger partial charge on any atom is 0.162 e. The van der Waals surface area contributed by atoms with Gasteiger partial charge in [0.05, 0.1) is 32.3 Å². The van der Waals surface area contributed by atoms with E-state index in [1.165, 1.54) is 47.9 Å². The SMILES string of the molecule is c1ccc(-n2c3ccc(-c4nc(-n5c6ccccc6c6cc7ccc8c9ccccc9oc8c7cc65)c5sc6ccc7ccccc7c6c5n4)cc3c3c4ccccc4ccc32)cc1. The molecular weight excluding hydrogens is 801 g/mol. The molecule has 0 saturated heterocycles. The first-order valence-corrected chi connectivity index (χ1v) is 22.5. The van der Waals surface area contributed by atoms with E-state index in [0.29, 0.717) is 5.82 Å². The minimum Gasteiger partial charge on any atom is -0.455 e. The molecule has 5 nitrogen and oxygen atoms in total. The number of furan rings is 1. The highest BCUT2D eigenvalue weighted by Crippen LogP contribution is 2.45. The van der Waals surface area contributed by atoms with Gasteiger partial charge < -0.3 is 8.98 Å². The number of hydrogen-bond donors (Lipinski definition) is 0. The lowest BCUT2D eigenvalue weighted by Gasteiger charge is -2.12. The maximum absolute atomic E-state index is 6.65. The Morgan fingerprint density at radius 1 is 0.406 bits per heavy atom. The van der Waals surface area contributed by atoms with Crippen molar-refractivity contribution in [1.29, 1.82) is 0 Å². The zero-order valence-corrected chi connectivity index (χ0v) is 34.9. The molecule has 0 aliphatic carbocycles. The van der Waals surface area contributed by atoms with Crippen LogP contribution in [0.25, 0.3) is 141 Å². The van der Waals surface area contributed by atoms with Gasteiger partial charge in [0.25, 0.3) is 0 Å². The highest BCUT2D eigenvalue weighted by atomic mass is 32.1.